The molecule has 1 amide bonds. The lowest BCUT2D eigenvalue weighted by Gasteiger charge is -2.38. The molecular weight excluding hydrogens is 446 g/mol. The molecule has 0 saturated heterocycles. The molecule has 0 N–H and O–H groups in total. The maximum absolute atomic E-state index is 14.0. The third-order valence-corrected chi connectivity index (χ3v) is 6.87. The summed E-state index contributed by atoms with van der Waals surface area (Å²) in [5, 5.41) is 0. The van der Waals surface area contributed by atoms with Gasteiger partial charge in [0, 0.05) is 4.90 Å². The van der Waals surface area contributed by atoms with E-state index in [1.165, 1.54) is 0 Å². The van der Waals surface area contributed by atoms with Crippen molar-refractivity contribution in [3.63, 3.8) is 0 Å². The average Bonchev–Trinajstić information content (AvgIpc) is 3.25. The van der Waals surface area contributed by atoms with Gasteiger partial charge in [-0.1, -0.05) is 54.6 Å². The number of rotatable bonds is 6. The largest absolute Gasteiger partial charge is 0.465 e. The Kier molecular flexibility index (Phi) is 6.11. The fourth-order valence-electron chi connectivity index (χ4n) is 4.57. The topological polar surface area (TPSA) is 64.4 Å². The highest BCUT2D eigenvalue weighted by molar-refractivity contribution is 7.98. The maximum Gasteiger partial charge on any atom is 0.321 e. The number of aromatic nitrogens is 2. The van der Waals surface area contributed by atoms with Gasteiger partial charge in [-0.05, 0) is 48.6 Å². The zero-order valence-electron chi connectivity index (χ0n) is 19.0. The molecule has 0 saturated carbocycles. The summed E-state index contributed by atoms with van der Waals surface area (Å²) in [6.07, 6.45) is 2.02. The van der Waals surface area contributed by atoms with Crippen LogP contribution in [0.5, 0.6) is 0 Å². The van der Waals surface area contributed by atoms with Crippen molar-refractivity contribution >= 4 is 40.6 Å². The summed E-state index contributed by atoms with van der Waals surface area (Å²) >= 11 is 1.65. The second-order valence-electron chi connectivity index (χ2n) is 8.13. The Bertz CT molecular complexity index is 1330. The second kappa shape index (κ2) is 9.35. The predicted molar refractivity (Wildman–Crippen MR) is 134 cm³/mol. The molecule has 7 heteroatoms. The molecule has 34 heavy (non-hydrogen) atoms. The van der Waals surface area contributed by atoms with E-state index in [1.54, 1.807) is 23.6 Å². The number of anilines is 1. The minimum absolute atomic E-state index is 0.205. The molecule has 5 rings (SSSR count). The summed E-state index contributed by atoms with van der Waals surface area (Å²) in [5.74, 6) is -1.31. The third-order valence-electron chi connectivity index (χ3n) is 6.13. The van der Waals surface area contributed by atoms with Crippen LogP contribution in [0.25, 0.3) is 11.0 Å². The molecule has 3 aromatic carbocycles. The molecule has 0 bridgehead atoms. The first kappa shape index (κ1) is 22.2. The Balaban J connectivity index is 1.73. The summed E-state index contributed by atoms with van der Waals surface area (Å²) in [6, 6.07) is 25.0. The first-order valence-corrected chi connectivity index (χ1v) is 12.5. The van der Waals surface area contributed by atoms with Crippen molar-refractivity contribution in [3.05, 3.63) is 90.0 Å². The first-order chi connectivity index (χ1) is 16.6. The van der Waals surface area contributed by atoms with Crippen molar-refractivity contribution in [3.8, 4) is 0 Å². The van der Waals surface area contributed by atoms with Crippen molar-refractivity contribution in [2.45, 2.75) is 24.4 Å². The third kappa shape index (κ3) is 3.86. The number of carbonyl (C=O) groups is 2. The molecule has 2 heterocycles. The standard InChI is InChI=1S/C27H25N3O3S/c1-3-33-26(32)23-24(19-13-15-20(34-2)16-14-19)30-22-12-8-7-11-21(22)28-27(30)29(25(23)31)17-18-9-5-4-6-10-18/h4-16,23-24H,3,17H2,1-2H3/t23-,24-/m1/s1. The van der Waals surface area contributed by atoms with E-state index in [-0.39, 0.29) is 12.5 Å². The lowest BCUT2D eigenvalue weighted by molar-refractivity contribution is -0.153. The lowest BCUT2D eigenvalue weighted by atomic mass is 9.89. The number of thioether (sulfide) groups is 1. The highest BCUT2D eigenvalue weighted by Gasteiger charge is 2.47. The maximum atomic E-state index is 14.0. The monoisotopic (exact) mass is 471 g/mol. The van der Waals surface area contributed by atoms with Crippen molar-refractivity contribution in [2.75, 3.05) is 17.8 Å². The fourth-order valence-corrected chi connectivity index (χ4v) is 4.97. The Morgan fingerprint density at radius 3 is 2.41 bits per heavy atom. The van der Waals surface area contributed by atoms with Gasteiger partial charge in [0.2, 0.25) is 11.9 Å². The minimum Gasteiger partial charge on any atom is -0.465 e. The average molecular weight is 472 g/mol. The molecule has 172 valence electrons. The van der Waals surface area contributed by atoms with Gasteiger partial charge < -0.3 is 9.30 Å². The number of para-hydroxylation sites is 2. The molecule has 0 aliphatic carbocycles. The van der Waals surface area contributed by atoms with Crippen LogP contribution in [0.3, 0.4) is 0 Å². The number of benzene rings is 3. The molecule has 0 radical (unpaired) electrons. The normalized spacial score (nSPS) is 17.6. The van der Waals surface area contributed by atoms with Crippen LogP contribution in [0.1, 0.15) is 24.1 Å². The van der Waals surface area contributed by atoms with E-state index in [0.717, 1.165) is 27.1 Å². The number of amides is 1. The van der Waals surface area contributed by atoms with Crippen LogP contribution in [0.15, 0.2) is 83.8 Å². The van der Waals surface area contributed by atoms with Crippen LogP contribution < -0.4 is 4.90 Å². The van der Waals surface area contributed by atoms with E-state index < -0.39 is 17.9 Å². The van der Waals surface area contributed by atoms with E-state index in [2.05, 4.69) is 0 Å². The van der Waals surface area contributed by atoms with Gasteiger partial charge in [-0.15, -0.1) is 11.8 Å². The predicted octanol–water partition coefficient (Wildman–Crippen LogP) is 5.07. The van der Waals surface area contributed by atoms with Gasteiger partial charge in [0.15, 0.2) is 5.92 Å². The van der Waals surface area contributed by atoms with E-state index in [9.17, 15) is 9.59 Å². The first-order valence-electron chi connectivity index (χ1n) is 11.2. The second-order valence-corrected chi connectivity index (χ2v) is 9.01. The smallest absolute Gasteiger partial charge is 0.321 e. The van der Waals surface area contributed by atoms with Crippen molar-refractivity contribution < 1.29 is 14.3 Å². The van der Waals surface area contributed by atoms with Gasteiger partial charge in [-0.3, -0.25) is 14.5 Å². The molecule has 1 aliphatic heterocycles. The van der Waals surface area contributed by atoms with Crippen LogP contribution in [0.4, 0.5) is 5.95 Å². The van der Waals surface area contributed by atoms with Crippen LogP contribution in [-0.4, -0.2) is 34.3 Å². The Hall–Kier alpha value is -3.58. The molecular formula is C27H25N3O3S. The van der Waals surface area contributed by atoms with Gasteiger partial charge >= 0.3 is 5.97 Å². The number of esters is 1. The van der Waals surface area contributed by atoms with Crippen molar-refractivity contribution in [2.24, 2.45) is 5.92 Å². The summed E-state index contributed by atoms with van der Waals surface area (Å²) in [5.41, 5.74) is 3.47. The molecule has 0 fully saturated rings. The van der Waals surface area contributed by atoms with Crippen LogP contribution in [0, 0.1) is 5.92 Å². The van der Waals surface area contributed by atoms with Gasteiger partial charge in [-0.2, -0.15) is 0 Å². The number of ether oxygens (including phenoxy) is 1. The SMILES string of the molecule is CCOC(=O)[C@H]1C(=O)N(Cc2ccccc2)c2nc3ccccc3n2[C@@H]1c1ccc(SC)cc1. The zero-order chi connectivity index (χ0) is 23.7. The van der Waals surface area contributed by atoms with E-state index in [4.69, 9.17) is 9.72 Å². The number of hydrogen-bond donors (Lipinski definition) is 0. The van der Waals surface area contributed by atoms with Crippen LogP contribution >= 0.6 is 11.8 Å². The summed E-state index contributed by atoms with van der Waals surface area (Å²) < 4.78 is 7.45. The summed E-state index contributed by atoms with van der Waals surface area (Å²) in [4.78, 5) is 34.8. The number of carbonyl (C=O) groups excluding carboxylic acids is 2. The lowest BCUT2D eigenvalue weighted by Crippen LogP contribution is -2.49. The van der Waals surface area contributed by atoms with Gasteiger partial charge in [0.05, 0.1) is 30.2 Å². The Labute approximate surface area is 202 Å². The van der Waals surface area contributed by atoms with Gasteiger partial charge in [0.1, 0.15) is 0 Å². The molecule has 4 aromatic rings. The van der Waals surface area contributed by atoms with Crippen molar-refractivity contribution in [1.82, 2.24) is 9.55 Å². The summed E-state index contributed by atoms with van der Waals surface area (Å²) in [6.45, 7) is 2.28. The number of fused-ring (bicyclic) bond motifs is 3. The molecule has 2 atom stereocenters. The van der Waals surface area contributed by atoms with Crippen LogP contribution in [-0.2, 0) is 20.9 Å². The Morgan fingerprint density at radius 2 is 1.71 bits per heavy atom. The van der Waals surface area contributed by atoms with E-state index in [1.807, 2.05) is 89.7 Å². The minimum atomic E-state index is -1.02. The molecule has 1 aliphatic rings. The quantitative estimate of drug-likeness (QED) is 0.223. The highest BCUT2D eigenvalue weighted by Crippen LogP contribution is 2.42. The van der Waals surface area contributed by atoms with Crippen LogP contribution in [0.2, 0.25) is 0 Å². The molecule has 0 unspecified atom stereocenters. The van der Waals surface area contributed by atoms with Gasteiger partial charge in [0.25, 0.3) is 0 Å². The van der Waals surface area contributed by atoms with Gasteiger partial charge in [-0.25, -0.2) is 4.98 Å². The highest BCUT2D eigenvalue weighted by atomic mass is 32.2. The Morgan fingerprint density at radius 1 is 1.00 bits per heavy atom. The number of nitrogens with zero attached hydrogens (tertiary/aromatic N) is 3. The molecule has 1 aromatic heterocycles. The van der Waals surface area contributed by atoms with Crippen molar-refractivity contribution in [1.29, 1.82) is 0 Å². The molecule has 6 nitrogen and oxygen atoms in total. The fraction of sp³-hybridized carbons (Fsp3) is 0.222. The summed E-state index contributed by atoms with van der Waals surface area (Å²) in [7, 11) is 0. The zero-order valence-corrected chi connectivity index (χ0v) is 19.9. The molecule has 0 spiro atoms. The number of imidazole rings is 1. The number of hydrogen-bond acceptors (Lipinski definition) is 5. The van der Waals surface area contributed by atoms with E-state index >= 15 is 0 Å². The van der Waals surface area contributed by atoms with E-state index in [0.29, 0.717) is 12.5 Å².